The smallest absolute Gasteiger partial charge is 0.382 e. The fourth-order valence-corrected chi connectivity index (χ4v) is 4.73. The minimum absolute atomic E-state index is 0.0779. The largest absolute Gasteiger partial charge is 0.418 e. The van der Waals surface area contributed by atoms with Gasteiger partial charge in [0.05, 0.1) is 17.8 Å². The number of aromatic nitrogens is 2. The number of aromatic amines is 1. The minimum atomic E-state index is -4.79. The zero-order valence-corrected chi connectivity index (χ0v) is 19.5. The van der Waals surface area contributed by atoms with Crippen LogP contribution in [-0.2, 0) is 11.0 Å². The normalized spacial score (nSPS) is 15.2. The van der Waals surface area contributed by atoms with Gasteiger partial charge in [0.1, 0.15) is 11.5 Å². The topological polar surface area (TPSA) is 90.1 Å². The van der Waals surface area contributed by atoms with E-state index in [2.05, 4.69) is 20.6 Å². The first-order chi connectivity index (χ1) is 17.7. The lowest BCUT2D eigenvalue weighted by atomic mass is 10.0. The fraction of sp³-hybridized carbons (Fsp3) is 0.269. The van der Waals surface area contributed by atoms with Crippen molar-refractivity contribution < 1.29 is 22.4 Å². The first-order valence-electron chi connectivity index (χ1n) is 11.7. The number of alkyl halides is 3. The second-order valence-electron chi connectivity index (χ2n) is 9.01. The highest BCUT2D eigenvalue weighted by Crippen LogP contribution is 2.35. The van der Waals surface area contributed by atoms with Crippen molar-refractivity contribution in [3.8, 4) is 0 Å². The van der Waals surface area contributed by atoms with E-state index in [1.165, 1.54) is 0 Å². The van der Waals surface area contributed by atoms with Crippen molar-refractivity contribution in [1.82, 2.24) is 14.9 Å². The number of nitrogens with zero attached hydrogens (tertiary/aromatic N) is 2. The average Bonchev–Trinajstić information content (AvgIpc) is 2.86. The van der Waals surface area contributed by atoms with Gasteiger partial charge in [-0.1, -0.05) is 18.2 Å². The van der Waals surface area contributed by atoms with Crippen LogP contribution in [0.2, 0.25) is 0 Å². The van der Waals surface area contributed by atoms with E-state index in [1.807, 2.05) is 23.1 Å². The molecule has 5 rings (SSSR count). The van der Waals surface area contributed by atoms with Crippen molar-refractivity contribution in [2.75, 3.05) is 30.3 Å². The lowest BCUT2D eigenvalue weighted by molar-refractivity contribution is -0.137. The van der Waals surface area contributed by atoms with Gasteiger partial charge in [0, 0.05) is 47.2 Å². The highest BCUT2D eigenvalue weighted by Gasteiger charge is 2.34. The molecule has 0 saturated carbocycles. The third-order valence-corrected chi connectivity index (χ3v) is 6.50. The van der Waals surface area contributed by atoms with Gasteiger partial charge in [-0.2, -0.15) is 13.2 Å². The second-order valence-corrected chi connectivity index (χ2v) is 9.01. The molecule has 3 N–H and O–H groups in total. The summed E-state index contributed by atoms with van der Waals surface area (Å²) in [6, 6.07) is 11.4. The average molecular weight is 513 g/mol. The van der Waals surface area contributed by atoms with E-state index >= 15 is 0 Å². The summed E-state index contributed by atoms with van der Waals surface area (Å²) in [6.45, 7) is 1.04. The Kier molecular flexibility index (Phi) is 6.55. The fourth-order valence-electron chi connectivity index (χ4n) is 4.73. The summed E-state index contributed by atoms with van der Waals surface area (Å²) >= 11 is 0. The van der Waals surface area contributed by atoms with Crippen LogP contribution < -0.4 is 16.2 Å². The van der Waals surface area contributed by atoms with Crippen molar-refractivity contribution in [1.29, 1.82) is 0 Å². The van der Waals surface area contributed by atoms with E-state index in [1.54, 1.807) is 18.3 Å². The number of carbonyl (C=O) groups excluding carboxylic acids is 1. The van der Waals surface area contributed by atoms with Crippen LogP contribution >= 0.6 is 0 Å². The lowest BCUT2D eigenvalue weighted by Crippen LogP contribution is -2.42. The zero-order chi connectivity index (χ0) is 26.2. The maximum Gasteiger partial charge on any atom is 0.418 e. The number of hydrogen-bond acceptors (Lipinski definition) is 5. The molecular weight excluding hydrogens is 490 g/mol. The van der Waals surface area contributed by atoms with Gasteiger partial charge in [0.15, 0.2) is 0 Å². The lowest BCUT2D eigenvalue weighted by Gasteiger charge is -2.32. The van der Waals surface area contributed by atoms with E-state index in [0.717, 1.165) is 28.6 Å². The number of benzene rings is 2. The molecule has 11 heteroatoms. The number of nitrogens with one attached hydrogen (secondary N) is 3. The number of piperidine rings is 1. The Hall–Kier alpha value is -3.99. The number of fused-ring (bicyclic) bond motifs is 3. The van der Waals surface area contributed by atoms with Crippen LogP contribution in [0.3, 0.4) is 0 Å². The van der Waals surface area contributed by atoms with Gasteiger partial charge in [0.25, 0.3) is 5.56 Å². The predicted octanol–water partition coefficient (Wildman–Crippen LogP) is 4.75. The standard InChI is InChI=1S/C26H23F4N5O2/c27-15-5-6-20(19(13-15)26(28,29)30)33-22(36)14-35-11-8-16(9-12-35)32-21-7-10-31-24-23(21)17-3-1-2-4-18(17)25(37)34-24/h1-7,10,13,16H,8-9,11-12,14H2,(H,33,36)(H2,31,32,34,37). The number of likely N-dealkylation sites (tertiary alicyclic amines) is 1. The number of carbonyl (C=O) groups is 1. The molecule has 0 radical (unpaired) electrons. The van der Waals surface area contributed by atoms with Crippen molar-refractivity contribution in [3.63, 3.8) is 0 Å². The molecule has 4 aromatic rings. The molecule has 37 heavy (non-hydrogen) atoms. The molecule has 7 nitrogen and oxygen atoms in total. The van der Waals surface area contributed by atoms with Gasteiger partial charge in [-0.3, -0.25) is 14.5 Å². The molecule has 3 heterocycles. The summed E-state index contributed by atoms with van der Waals surface area (Å²) < 4.78 is 52.9. The van der Waals surface area contributed by atoms with Crippen molar-refractivity contribution >= 4 is 39.1 Å². The summed E-state index contributed by atoms with van der Waals surface area (Å²) in [5.74, 6) is -1.62. The maximum absolute atomic E-state index is 13.3. The molecule has 1 fully saturated rings. The second kappa shape index (κ2) is 9.81. The number of anilines is 2. The number of rotatable bonds is 5. The van der Waals surface area contributed by atoms with E-state index in [4.69, 9.17) is 0 Å². The van der Waals surface area contributed by atoms with Crippen molar-refractivity contribution in [2.24, 2.45) is 0 Å². The summed E-state index contributed by atoms with van der Waals surface area (Å²) in [5, 5.41) is 7.98. The van der Waals surface area contributed by atoms with Crippen molar-refractivity contribution in [2.45, 2.75) is 25.1 Å². The predicted molar refractivity (Wildman–Crippen MR) is 133 cm³/mol. The van der Waals surface area contributed by atoms with Crippen LogP contribution in [0, 0.1) is 5.82 Å². The molecule has 0 aliphatic carbocycles. The number of hydrogen-bond donors (Lipinski definition) is 3. The Morgan fingerprint density at radius 2 is 1.78 bits per heavy atom. The van der Waals surface area contributed by atoms with E-state index < -0.39 is 29.2 Å². The van der Waals surface area contributed by atoms with Gasteiger partial charge in [-0.25, -0.2) is 9.37 Å². The third kappa shape index (κ3) is 5.26. The van der Waals surface area contributed by atoms with Gasteiger partial charge in [0.2, 0.25) is 5.91 Å². The summed E-state index contributed by atoms with van der Waals surface area (Å²) in [6.07, 6.45) is -1.77. The highest BCUT2D eigenvalue weighted by molar-refractivity contribution is 6.10. The Morgan fingerprint density at radius 3 is 2.51 bits per heavy atom. The van der Waals surface area contributed by atoms with Gasteiger partial charge < -0.3 is 15.6 Å². The Bertz CT molecular complexity index is 1530. The molecule has 0 unspecified atom stereocenters. The molecule has 0 spiro atoms. The van der Waals surface area contributed by atoms with Crippen LogP contribution in [0.15, 0.2) is 59.5 Å². The minimum Gasteiger partial charge on any atom is -0.382 e. The molecule has 192 valence electrons. The van der Waals surface area contributed by atoms with E-state index in [-0.39, 0.29) is 18.1 Å². The number of amides is 1. The number of halogens is 4. The Labute approximate surface area is 208 Å². The van der Waals surface area contributed by atoms with Gasteiger partial charge >= 0.3 is 6.18 Å². The third-order valence-electron chi connectivity index (χ3n) is 6.50. The molecule has 2 aromatic carbocycles. The SMILES string of the molecule is O=C(CN1CCC(Nc2ccnc3[nH]c(=O)c4ccccc4c23)CC1)Nc1ccc(F)cc1C(F)(F)F. The van der Waals surface area contributed by atoms with Gasteiger partial charge in [-0.15, -0.1) is 0 Å². The summed E-state index contributed by atoms with van der Waals surface area (Å²) in [7, 11) is 0. The number of pyridine rings is 2. The van der Waals surface area contributed by atoms with Gasteiger partial charge in [-0.05, 0) is 43.2 Å². The van der Waals surface area contributed by atoms with Crippen LogP contribution in [-0.4, -0.2) is 46.5 Å². The molecule has 2 aromatic heterocycles. The molecule has 0 bridgehead atoms. The molecule has 1 aliphatic heterocycles. The zero-order valence-electron chi connectivity index (χ0n) is 19.5. The molecular formula is C26H23F4N5O2. The molecule has 0 atom stereocenters. The molecule has 1 amide bonds. The van der Waals surface area contributed by atoms with Crippen LogP contribution in [0.4, 0.5) is 28.9 Å². The molecule has 1 aliphatic rings. The van der Waals surface area contributed by atoms with Crippen molar-refractivity contribution in [3.05, 3.63) is 76.5 Å². The first kappa shape index (κ1) is 24.7. The molecule has 1 saturated heterocycles. The first-order valence-corrected chi connectivity index (χ1v) is 11.7. The summed E-state index contributed by atoms with van der Waals surface area (Å²) in [5.41, 5.74) is -0.568. The Balaban J connectivity index is 1.24. The van der Waals surface area contributed by atoms with E-state index in [9.17, 15) is 27.2 Å². The van der Waals surface area contributed by atoms with Crippen LogP contribution in [0.1, 0.15) is 18.4 Å². The highest BCUT2D eigenvalue weighted by atomic mass is 19.4. The quantitative estimate of drug-likeness (QED) is 0.265. The summed E-state index contributed by atoms with van der Waals surface area (Å²) in [4.78, 5) is 33.8. The van der Waals surface area contributed by atoms with E-state index in [0.29, 0.717) is 43.0 Å². The maximum atomic E-state index is 13.3. The monoisotopic (exact) mass is 513 g/mol. The Morgan fingerprint density at radius 1 is 1.05 bits per heavy atom. The number of H-pyrrole nitrogens is 1. The van der Waals surface area contributed by atoms with Crippen LogP contribution in [0.5, 0.6) is 0 Å². The van der Waals surface area contributed by atoms with Crippen LogP contribution in [0.25, 0.3) is 21.8 Å².